The van der Waals surface area contributed by atoms with E-state index in [0.717, 1.165) is 38.5 Å². The lowest BCUT2D eigenvalue weighted by molar-refractivity contribution is -0.148. The van der Waals surface area contributed by atoms with Crippen LogP contribution in [0, 0.1) is 5.41 Å². The van der Waals surface area contributed by atoms with E-state index in [9.17, 15) is 14.7 Å². The Morgan fingerprint density at radius 2 is 1.03 bits per heavy atom. The highest BCUT2D eigenvalue weighted by Crippen LogP contribution is 2.36. The van der Waals surface area contributed by atoms with Crippen LogP contribution in [0.1, 0.15) is 136 Å². The Hall–Kier alpha value is -0.710. The van der Waals surface area contributed by atoms with Crippen molar-refractivity contribution in [2.24, 2.45) is 5.41 Å². The molecule has 5 heteroatoms. The fraction of sp³-hybridized carbons (Fsp3) is 0.923. The first-order valence-electron chi connectivity index (χ1n) is 13.0. The van der Waals surface area contributed by atoms with Gasteiger partial charge in [0.2, 0.25) is 0 Å². The average molecular weight is 459 g/mol. The molecule has 31 heavy (non-hydrogen) atoms. The second-order valence-electron chi connectivity index (χ2n) is 9.23. The summed E-state index contributed by atoms with van der Waals surface area (Å²) in [7, 11) is 0. The first-order valence-corrected chi connectivity index (χ1v) is 14.2. The van der Waals surface area contributed by atoms with E-state index in [1.165, 1.54) is 88.8 Å². The minimum Gasteiger partial charge on any atom is -0.481 e. The number of thioether (sulfide) groups is 1. The number of hydrogen-bond acceptors (Lipinski definition) is 3. The number of unbranched alkanes of at least 4 members (excludes halogenated alkanes) is 14. The summed E-state index contributed by atoms with van der Waals surface area (Å²) < 4.78 is 0. The fourth-order valence-electron chi connectivity index (χ4n) is 4.17. The number of carboxylic acids is 2. The van der Waals surface area contributed by atoms with Gasteiger partial charge in [0.05, 0.1) is 11.8 Å². The molecule has 0 spiro atoms. The predicted octanol–water partition coefficient (Wildman–Crippen LogP) is 8.33. The molecule has 0 aliphatic carbocycles. The largest absolute Gasteiger partial charge is 0.481 e. The Morgan fingerprint density at radius 1 is 0.645 bits per heavy atom. The Kier molecular flexibility index (Phi) is 20.7. The lowest BCUT2D eigenvalue weighted by Gasteiger charge is -2.29. The van der Waals surface area contributed by atoms with E-state index in [0.29, 0.717) is 11.5 Å². The zero-order valence-electron chi connectivity index (χ0n) is 20.5. The number of carbonyl (C=O) groups is 2. The maximum Gasteiger partial charge on any atom is 0.310 e. The quantitative estimate of drug-likeness (QED) is 0.142. The second-order valence-corrected chi connectivity index (χ2v) is 10.3. The molecule has 0 rings (SSSR count). The summed E-state index contributed by atoms with van der Waals surface area (Å²) in [6, 6.07) is 0. The van der Waals surface area contributed by atoms with E-state index in [1.807, 2.05) is 0 Å². The van der Waals surface area contributed by atoms with Crippen LogP contribution in [0.15, 0.2) is 0 Å². The Morgan fingerprint density at radius 3 is 1.39 bits per heavy atom. The zero-order valence-corrected chi connectivity index (χ0v) is 21.3. The minimum absolute atomic E-state index is 0.107. The van der Waals surface area contributed by atoms with Crippen LogP contribution in [0.3, 0.4) is 0 Å². The van der Waals surface area contributed by atoms with Crippen LogP contribution < -0.4 is 0 Å². The molecule has 0 fully saturated rings. The monoisotopic (exact) mass is 458 g/mol. The van der Waals surface area contributed by atoms with Gasteiger partial charge >= 0.3 is 11.9 Å². The van der Waals surface area contributed by atoms with Crippen LogP contribution in [-0.2, 0) is 9.59 Å². The van der Waals surface area contributed by atoms with Gasteiger partial charge in [-0.15, -0.1) is 0 Å². The molecule has 0 aliphatic rings. The van der Waals surface area contributed by atoms with Crippen molar-refractivity contribution in [2.45, 2.75) is 136 Å². The third kappa shape index (κ3) is 17.5. The van der Waals surface area contributed by atoms with E-state index in [1.54, 1.807) is 0 Å². The van der Waals surface area contributed by atoms with Crippen molar-refractivity contribution in [3.63, 3.8) is 0 Å². The van der Waals surface area contributed by atoms with Gasteiger partial charge in [0.15, 0.2) is 0 Å². The molecule has 0 saturated carbocycles. The van der Waals surface area contributed by atoms with Gasteiger partial charge in [0, 0.05) is 11.5 Å². The molecular weight excluding hydrogens is 408 g/mol. The number of rotatable bonds is 24. The summed E-state index contributed by atoms with van der Waals surface area (Å²) in [6.45, 7) is 4.46. The van der Waals surface area contributed by atoms with Gasteiger partial charge in [-0.05, 0) is 12.8 Å². The van der Waals surface area contributed by atoms with Gasteiger partial charge in [0.25, 0.3) is 0 Å². The van der Waals surface area contributed by atoms with Crippen LogP contribution in [-0.4, -0.2) is 33.7 Å². The Bertz CT molecular complexity index is 419. The van der Waals surface area contributed by atoms with Gasteiger partial charge < -0.3 is 10.2 Å². The molecule has 0 aliphatic heterocycles. The molecule has 0 aromatic carbocycles. The molecular formula is C26H50O4S. The lowest BCUT2D eigenvalue weighted by Crippen LogP contribution is -2.34. The molecule has 0 saturated heterocycles. The maximum absolute atomic E-state index is 12.3. The summed E-state index contributed by atoms with van der Waals surface area (Å²) in [6.07, 6.45) is 21.0. The van der Waals surface area contributed by atoms with Crippen LogP contribution in [0.4, 0.5) is 0 Å². The molecule has 0 unspecified atom stereocenters. The third-order valence-electron chi connectivity index (χ3n) is 6.31. The van der Waals surface area contributed by atoms with E-state index < -0.39 is 17.4 Å². The van der Waals surface area contributed by atoms with Crippen molar-refractivity contribution in [1.29, 1.82) is 0 Å². The normalized spacial score (nSPS) is 11.7. The smallest absolute Gasteiger partial charge is 0.310 e. The highest BCUT2D eigenvalue weighted by atomic mass is 32.2. The first kappa shape index (κ1) is 30.3. The molecule has 0 amide bonds. The summed E-state index contributed by atoms with van der Waals surface area (Å²) in [4.78, 5) is 23.1. The third-order valence-corrected chi connectivity index (χ3v) is 7.56. The van der Waals surface area contributed by atoms with Crippen molar-refractivity contribution >= 4 is 23.7 Å². The topological polar surface area (TPSA) is 74.6 Å². The van der Waals surface area contributed by atoms with Crippen LogP contribution in [0.5, 0.6) is 0 Å². The van der Waals surface area contributed by atoms with Crippen LogP contribution in [0.25, 0.3) is 0 Å². The maximum atomic E-state index is 12.3. The van der Waals surface area contributed by atoms with E-state index >= 15 is 0 Å². The summed E-state index contributed by atoms with van der Waals surface area (Å²) >= 11 is 1.51. The molecule has 0 bridgehead atoms. The SMILES string of the molecule is CCCCCCCCCCC(CCCCCCCCCC)(CSCCC(=O)O)C(=O)O. The summed E-state index contributed by atoms with van der Waals surface area (Å²) in [5.74, 6) is -0.442. The van der Waals surface area contributed by atoms with Gasteiger partial charge in [-0.3, -0.25) is 9.59 Å². The number of aliphatic carboxylic acids is 2. The molecule has 184 valence electrons. The fourth-order valence-corrected chi connectivity index (χ4v) is 5.43. The molecule has 4 nitrogen and oxygen atoms in total. The van der Waals surface area contributed by atoms with Crippen molar-refractivity contribution in [3.8, 4) is 0 Å². The summed E-state index contributed by atoms with van der Waals surface area (Å²) in [5, 5.41) is 19.0. The highest BCUT2D eigenvalue weighted by Gasteiger charge is 2.37. The minimum atomic E-state index is -0.806. The first-order chi connectivity index (χ1) is 15.0. The molecule has 0 heterocycles. The standard InChI is InChI=1S/C26H50O4S/c1-3-5-7-9-11-13-15-17-20-26(25(29)30,23-31-22-19-24(27)28)21-18-16-14-12-10-8-6-4-2/h3-23H2,1-2H3,(H,27,28)(H,29,30). The van der Waals surface area contributed by atoms with Gasteiger partial charge in [-0.2, -0.15) is 11.8 Å². The zero-order chi connectivity index (χ0) is 23.2. The van der Waals surface area contributed by atoms with Crippen molar-refractivity contribution in [3.05, 3.63) is 0 Å². The van der Waals surface area contributed by atoms with Gasteiger partial charge in [-0.1, -0.05) is 117 Å². The van der Waals surface area contributed by atoms with Crippen molar-refractivity contribution in [1.82, 2.24) is 0 Å². The second kappa shape index (κ2) is 21.2. The average Bonchev–Trinajstić information content (AvgIpc) is 2.74. The lowest BCUT2D eigenvalue weighted by atomic mass is 9.79. The molecule has 0 aromatic heterocycles. The summed E-state index contributed by atoms with van der Waals surface area (Å²) in [5.41, 5.74) is -0.687. The predicted molar refractivity (Wildman–Crippen MR) is 134 cm³/mol. The molecule has 0 aromatic rings. The van der Waals surface area contributed by atoms with Crippen LogP contribution in [0.2, 0.25) is 0 Å². The van der Waals surface area contributed by atoms with Crippen molar-refractivity contribution in [2.75, 3.05) is 11.5 Å². The van der Waals surface area contributed by atoms with E-state index in [4.69, 9.17) is 5.11 Å². The van der Waals surface area contributed by atoms with Gasteiger partial charge in [-0.25, -0.2) is 0 Å². The van der Waals surface area contributed by atoms with Gasteiger partial charge in [0.1, 0.15) is 0 Å². The molecule has 0 atom stereocenters. The highest BCUT2D eigenvalue weighted by molar-refractivity contribution is 7.99. The Balaban J connectivity index is 4.44. The van der Waals surface area contributed by atoms with Crippen molar-refractivity contribution < 1.29 is 19.8 Å². The molecule has 0 radical (unpaired) electrons. The molecule has 2 N–H and O–H groups in total. The Labute approximate surface area is 196 Å². The van der Waals surface area contributed by atoms with Crippen LogP contribution >= 0.6 is 11.8 Å². The van der Waals surface area contributed by atoms with E-state index in [-0.39, 0.29) is 6.42 Å². The van der Waals surface area contributed by atoms with E-state index in [2.05, 4.69) is 13.8 Å². The number of carboxylic acid groups (broad SMARTS) is 2. The number of hydrogen-bond donors (Lipinski definition) is 2.